The summed E-state index contributed by atoms with van der Waals surface area (Å²) in [7, 11) is 0. The molecule has 0 bridgehead atoms. The highest BCUT2D eigenvalue weighted by Gasteiger charge is 2.19. The van der Waals surface area contributed by atoms with Crippen molar-refractivity contribution in [3.8, 4) is 22.9 Å². The zero-order chi connectivity index (χ0) is 15.7. The van der Waals surface area contributed by atoms with Gasteiger partial charge in [-0.25, -0.2) is 0 Å². The number of hydrogen-bond acceptors (Lipinski definition) is 5. The van der Waals surface area contributed by atoms with E-state index in [2.05, 4.69) is 4.98 Å². The van der Waals surface area contributed by atoms with Crippen LogP contribution < -0.4 is 5.56 Å². The van der Waals surface area contributed by atoms with Crippen molar-refractivity contribution in [2.75, 3.05) is 0 Å². The van der Waals surface area contributed by atoms with Crippen molar-refractivity contribution in [1.29, 1.82) is 5.26 Å². The van der Waals surface area contributed by atoms with Gasteiger partial charge in [-0.15, -0.1) is 0 Å². The largest absolute Gasteiger partial charge is 0.507 e. The number of aromatic nitrogens is 1. The number of nitrogens with one attached hydrogen (secondary N) is 1. The van der Waals surface area contributed by atoms with Crippen molar-refractivity contribution in [3.63, 3.8) is 0 Å². The first-order chi connectivity index (χ1) is 9.85. The van der Waals surface area contributed by atoms with Crippen LogP contribution in [0.25, 0.3) is 11.1 Å². The first-order valence-electron chi connectivity index (χ1n) is 5.97. The number of H-pyrrole nitrogens is 1. The number of aromatic hydroxyl groups is 1. The number of nitro benzene ring substituents is 1. The van der Waals surface area contributed by atoms with Gasteiger partial charge in [-0.3, -0.25) is 14.9 Å². The smallest absolute Gasteiger partial charge is 0.270 e. The van der Waals surface area contributed by atoms with Gasteiger partial charge in [-0.05, 0) is 25.5 Å². The van der Waals surface area contributed by atoms with Crippen LogP contribution in [-0.4, -0.2) is 15.0 Å². The summed E-state index contributed by atoms with van der Waals surface area (Å²) in [6, 6.07) is 5.64. The van der Waals surface area contributed by atoms with Gasteiger partial charge >= 0.3 is 0 Å². The van der Waals surface area contributed by atoms with Crippen LogP contribution in [0.3, 0.4) is 0 Å². The fraction of sp³-hybridized carbons (Fsp3) is 0.143. The molecule has 7 heteroatoms. The van der Waals surface area contributed by atoms with Crippen molar-refractivity contribution in [2.45, 2.75) is 13.8 Å². The lowest BCUT2D eigenvalue weighted by molar-refractivity contribution is -0.384. The fourth-order valence-electron chi connectivity index (χ4n) is 2.08. The molecule has 0 saturated heterocycles. The molecule has 0 saturated carbocycles. The molecule has 0 aliphatic carbocycles. The Labute approximate surface area is 119 Å². The van der Waals surface area contributed by atoms with Crippen LogP contribution in [0.4, 0.5) is 5.69 Å². The average molecular weight is 285 g/mol. The molecule has 0 unspecified atom stereocenters. The van der Waals surface area contributed by atoms with Crippen LogP contribution in [-0.2, 0) is 0 Å². The maximum atomic E-state index is 11.8. The molecule has 1 aromatic heterocycles. The highest BCUT2D eigenvalue weighted by molar-refractivity contribution is 5.78. The minimum absolute atomic E-state index is 0.0902. The number of nitriles is 1. The van der Waals surface area contributed by atoms with Crippen molar-refractivity contribution in [2.24, 2.45) is 0 Å². The lowest BCUT2D eigenvalue weighted by atomic mass is 9.97. The van der Waals surface area contributed by atoms with Gasteiger partial charge in [-0.1, -0.05) is 0 Å². The topological polar surface area (TPSA) is 120 Å². The van der Waals surface area contributed by atoms with Gasteiger partial charge in [0, 0.05) is 29.0 Å². The van der Waals surface area contributed by atoms with Crippen LogP contribution in [0.1, 0.15) is 16.8 Å². The van der Waals surface area contributed by atoms with E-state index in [9.17, 15) is 20.0 Å². The number of hydrogen-bond donors (Lipinski definition) is 2. The molecule has 0 aliphatic rings. The highest BCUT2D eigenvalue weighted by Crippen LogP contribution is 2.36. The Morgan fingerprint density at radius 2 is 1.95 bits per heavy atom. The summed E-state index contributed by atoms with van der Waals surface area (Å²) in [6.07, 6.45) is 0. The summed E-state index contributed by atoms with van der Waals surface area (Å²) in [5, 5.41) is 30.1. The van der Waals surface area contributed by atoms with E-state index >= 15 is 0 Å². The number of nitrogens with zero attached hydrogens (tertiary/aromatic N) is 2. The van der Waals surface area contributed by atoms with E-state index in [0.29, 0.717) is 11.3 Å². The van der Waals surface area contributed by atoms with Gasteiger partial charge in [0.2, 0.25) is 0 Å². The van der Waals surface area contributed by atoms with Crippen LogP contribution in [0.15, 0.2) is 23.0 Å². The maximum absolute atomic E-state index is 11.8. The molecule has 2 aromatic rings. The average Bonchev–Trinajstić information content (AvgIpc) is 2.40. The molecule has 0 atom stereocenters. The summed E-state index contributed by atoms with van der Waals surface area (Å²) >= 11 is 0. The molecule has 21 heavy (non-hydrogen) atoms. The Balaban J connectivity index is 2.88. The highest BCUT2D eigenvalue weighted by atomic mass is 16.6. The standard InChI is InChI=1S/C14H11N3O4/c1-7-3-9(17(20)21)5-11(13(7)18)10-4-8(2)16-14(19)12(10)6-15/h3-5,18H,1-2H3,(H,16,19). The van der Waals surface area contributed by atoms with Gasteiger partial charge in [0.1, 0.15) is 17.4 Å². The van der Waals surface area contributed by atoms with Gasteiger partial charge < -0.3 is 10.1 Å². The zero-order valence-corrected chi connectivity index (χ0v) is 11.3. The maximum Gasteiger partial charge on any atom is 0.270 e. The minimum atomic E-state index is -0.601. The Bertz CT molecular complexity index is 847. The number of aromatic amines is 1. The van der Waals surface area contributed by atoms with Crippen molar-refractivity contribution < 1.29 is 10.0 Å². The second-order valence-electron chi connectivity index (χ2n) is 4.60. The van der Waals surface area contributed by atoms with Crippen LogP contribution in [0, 0.1) is 35.3 Å². The number of rotatable bonds is 2. The van der Waals surface area contributed by atoms with Gasteiger partial charge in [0.25, 0.3) is 11.2 Å². The van der Waals surface area contributed by atoms with Crippen molar-refractivity contribution >= 4 is 5.69 Å². The Hall–Kier alpha value is -3.14. The molecule has 0 amide bonds. The van der Waals surface area contributed by atoms with Crippen molar-refractivity contribution in [1.82, 2.24) is 4.98 Å². The van der Waals surface area contributed by atoms with E-state index in [1.807, 2.05) is 0 Å². The van der Waals surface area contributed by atoms with Gasteiger partial charge in [0.15, 0.2) is 0 Å². The molecule has 7 nitrogen and oxygen atoms in total. The number of non-ortho nitro benzene ring substituents is 1. The third kappa shape index (κ3) is 2.47. The lowest BCUT2D eigenvalue weighted by Crippen LogP contribution is -2.12. The minimum Gasteiger partial charge on any atom is -0.507 e. The van der Waals surface area contributed by atoms with E-state index < -0.39 is 10.5 Å². The van der Waals surface area contributed by atoms with E-state index in [1.54, 1.807) is 13.0 Å². The molecular weight excluding hydrogens is 274 g/mol. The summed E-state index contributed by atoms with van der Waals surface area (Å²) in [5.74, 6) is -0.193. The molecular formula is C14H11N3O4. The first kappa shape index (κ1) is 14.3. The summed E-state index contributed by atoms with van der Waals surface area (Å²) in [6.45, 7) is 3.13. The van der Waals surface area contributed by atoms with Crippen LogP contribution in [0.2, 0.25) is 0 Å². The molecule has 2 N–H and O–H groups in total. The first-order valence-corrected chi connectivity index (χ1v) is 5.97. The Morgan fingerprint density at radius 3 is 2.52 bits per heavy atom. The zero-order valence-electron chi connectivity index (χ0n) is 11.3. The Morgan fingerprint density at radius 1 is 1.29 bits per heavy atom. The third-order valence-electron chi connectivity index (χ3n) is 3.07. The summed E-state index contributed by atoms with van der Waals surface area (Å²) in [4.78, 5) is 24.6. The molecule has 0 aliphatic heterocycles. The molecule has 0 radical (unpaired) electrons. The molecule has 0 spiro atoms. The predicted octanol–water partition coefficient (Wildman–Crippen LogP) is 2.14. The number of pyridine rings is 1. The van der Waals surface area contributed by atoms with Crippen LogP contribution in [0.5, 0.6) is 5.75 Å². The lowest BCUT2D eigenvalue weighted by Gasteiger charge is -2.09. The second kappa shape index (κ2) is 5.09. The monoisotopic (exact) mass is 285 g/mol. The Kier molecular flexibility index (Phi) is 3.46. The number of benzene rings is 1. The van der Waals surface area contributed by atoms with Gasteiger partial charge in [-0.2, -0.15) is 5.26 Å². The van der Waals surface area contributed by atoms with E-state index in [0.717, 1.165) is 6.07 Å². The van der Waals surface area contributed by atoms with E-state index in [-0.39, 0.29) is 28.1 Å². The molecule has 0 fully saturated rings. The van der Waals surface area contributed by atoms with E-state index in [1.165, 1.54) is 19.1 Å². The molecule has 1 aromatic carbocycles. The molecule has 2 rings (SSSR count). The second-order valence-corrected chi connectivity index (χ2v) is 4.60. The van der Waals surface area contributed by atoms with Gasteiger partial charge in [0.05, 0.1) is 4.92 Å². The number of phenols is 1. The van der Waals surface area contributed by atoms with E-state index in [4.69, 9.17) is 5.26 Å². The summed E-state index contributed by atoms with van der Waals surface area (Å²) < 4.78 is 0. The van der Waals surface area contributed by atoms with Crippen LogP contribution >= 0.6 is 0 Å². The third-order valence-corrected chi connectivity index (χ3v) is 3.07. The summed E-state index contributed by atoms with van der Waals surface area (Å²) in [5.41, 5.74) is 0.0167. The quantitative estimate of drug-likeness (QED) is 0.647. The molecule has 1 heterocycles. The number of nitro groups is 1. The SMILES string of the molecule is Cc1cc(-c2cc([N+](=O)[O-])cc(C)c2O)c(C#N)c(=O)[nH]1. The predicted molar refractivity (Wildman–Crippen MR) is 75.0 cm³/mol. The fourth-order valence-corrected chi connectivity index (χ4v) is 2.08. The number of phenolic OH excluding ortho intramolecular Hbond substituents is 1. The normalized spacial score (nSPS) is 10.1. The molecule has 106 valence electrons. The van der Waals surface area contributed by atoms with Crippen molar-refractivity contribution in [3.05, 3.63) is 55.5 Å². The number of aryl methyl sites for hydroxylation is 2.